The van der Waals surface area contributed by atoms with Crippen molar-refractivity contribution in [1.29, 1.82) is 0 Å². The van der Waals surface area contributed by atoms with Crippen LogP contribution < -0.4 is 5.32 Å². The number of hydrogen-bond donors (Lipinski definition) is 1. The highest BCUT2D eigenvalue weighted by Gasteiger charge is 2.22. The van der Waals surface area contributed by atoms with Gasteiger partial charge in [0.2, 0.25) is 0 Å². The van der Waals surface area contributed by atoms with Gasteiger partial charge in [-0.2, -0.15) is 0 Å². The molecule has 1 heterocycles. The molecule has 98 valence electrons. The van der Waals surface area contributed by atoms with E-state index in [9.17, 15) is 4.79 Å². The zero-order valence-corrected chi connectivity index (χ0v) is 11.4. The van der Waals surface area contributed by atoms with E-state index in [-0.39, 0.29) is 5.91 Å². The third kappa shape index (κ3) is 3.45. The minimum Gasteiger partial charge on any atom is -0.349 e. The van der Waals surface area contributed by atoms with Gasteiger partial charge in [-0.15, -0.1) is 0 Å². The second-order valence-electron chi connectivity index (χ2n) is 4.98. The highest BCUT2D eigenvalue weighted by atomic mass is 35.5. The normalized spacial score (nSPS) is 23.7. The molecule has 1 aromatic rings. The molecule has 0 radical (unpaired) electrons. The van der Waals surface area contributed by atoms with Crippen LogP contribution in [0.5, 0.6) is 0 Å². The van der Waals surface area contributed by atoms with Crippen LogP contribution in [0.2, 0.25) is 5.15 Å². The molecule has 1 aliphatic carbocycles. The average Bonchev–Trinajstić information content (AvgIpc) is 2.39. The molecular weight excluding hydrogens is 248 g/mol. The maximum Gasteiger partial charge on any atom is 0.253 e. The molecule has 1 aromatic heterocycles. The maximum atomic E-state index is 12.0. The van der Waals surface area contributed by atoms with E-state index >= 15 is 0 Å². The van der Waals surface area contributed by atoms with Gasteiger partial charge in [0.1, 0.15) is 5.15 Å². The molecule has 2 atom stereocenters. The second-order valence-corrected chi connectivity index (χ2v) is 5.37. The van der Waals surface area contributed by atoms with Crippen LogP contribution in [0.1, 0.15) is 49.4 Å². The van der Waals surface area contributed by atoms with Crippen LogP contribution in [-0.4, -0.2) is 16.9 Å². The smallest absolute Gasteiger partial charge is 0.253 e. The van der Waals surface area contributed by atoms with E-state index in [0.29, 0.717) is 16.8 Å². The first-order chi connectivity index (χ1) is 8.69. The van der Waals surface area contributed by atoms with E-state index in [1.54, 1.807) is 12.1 Å². The highest BCUT2D eigenvalue weighted by molar-refractivity contribution is 6.29. The van der Waals surface area contributed by atoms with Gasteiger partial charge in [0.15, 0.2) is 0 Å². The fraction of sp³-hybridized carbons (Fsp3) is 0.571. The van der Waals surface area contributed by atoms with E-state index in [0.717, 1.165) is 18.8 Å². The Labute approximate surface area is 113 Å². The molecule has 1 amide bonds. The number of carbonyl (C=O) groups is 1. The number of rotatable bonds is 3. The summed E-state index contributed by atoms with van der Waals surface area (Å²) in [6, 6.07) is 3.67. The molecule has 2 rings (SSSR count). The van der Waals surface area contributed by atoms with Crippen molar-refractivity contribution in [3.05, 3.63) is 29.0 Å². The Morgan fingerprint density at radius 1 is 1.50 bits per heavy atom. The van der Waals surface area contributed by atoms with Crippen molar-refractivity contribution in [2.24, 2.45) is 5.92 Å². The Morgan fingerprint density at radius 2 is 2.33 bits per heavy atom. The van der Waals surface area contributed by atoms with Crippen LogP contribution in [0.3, 0.4) is 0 Å². The fourth-order valence-electron chi connectivity index (χ4n) is 2.57. The van der Waals surface area contributed by atoms with Crippen molar-refractivity contribution in [2.75, 3.05) is 0 Å². The molecule has 0 aromatic carbocycles. The lowest BCUT2D eigenvalue weighted by Crippen LogP contribution is -2.38. The molecular formula is C14H19ClN2O. The number of halogens is 1. The van der Waals surface area contributed by atoms with Crippen molar-refractivity contribution >= 4 is 17.5 Å². The van der Waals surface area contributed by atoms with Crippen LogP contribution in [0.15, 0.2) is 18.3 Å². The summed E-state index contributed by atoms with van der Waals surface area (Å²) in [4.78, 5) is 16.0. The van der Waals surface area contributed by atoms with Crippen molar-refractivity contribution < 1.29 is 4.79 Å². The van der Waals surface area contributed by atoms with Gasteiger partial charge >= 0.3 is 0 Å². The molecule has 1 saturated carbocycles. The zero-order valence-electron chi connectivity index (χ0n) is 10.7. The first-order valence-corrected chi connectivity index (χ1v) is 6.99. The SMILES string of the molecule is CCC1CCCC(NC(=O)c2ccc(Cl)nc2)C1. The number of pyridine rings is 1. The Balaban J connectivity index is 1.92. The Kier molecular flexibility index (Phi) is 4.59. The lowest BCUT2D eigenvalue weighted by molar-refractivity contribution is 0.0919. The standard InChI is InChI=1S/C14H19ClN2O/c1-2-10-4-3-5-12(8-10)17-14(18)11-6-7-13(15)16-9-11/h6-7,9-10,12H,2-5,8H2,1H3,(H,17,18). The van der Waals surface area contributed by atoms with Gasteiger partial charge in [-0.3, -0.25) is 4.79 Å². The summed E-state index contributed by atoms with van der Waals surface area (Å²) in [5.41, 5.74) is 0.582. The topological polar surface area (TPSA) is 42.0 Å². The van der Waals surface area contributed by atoms with Crippen LogP contribution in [0.4, 0.5) is 0 Å². The fourth-order valence-corrected chi connectivity index (χ4v) is 2.68. The molecule has 4 heteroatoms. The molecule has 1 fully saturated rings. The van der Waals surface area contributed by atoms with E-state index in [1.165, 1.54) is 25.5 Å². The predicted octanol–water partition coefficient (Wildman–Crippen LogP) is 3.43. The number of aromatic nitrogens is 1. The number of nitrogens with zero attached hydrogens (tertiary/aromatic N) is 1. The molecule has 0 spiro atoms. The molecule has 1 N–H and O–H groups in total. The van der Waals surface area contributed by atoms with Crippen LogP contribution in [-0.2, 0) is 0 Å². The van der Waals surface area contributed by atoms with Gasteiger partial charge in [-0.05, 0) is 30.9 Å². The van der Waals surface area contributed by atoms with Crippen molar-refractivity contribution in [2.45, 2.75) is 45.1 Å². The van der Waals surface area contributed by atoms with E-state index in [4.69, 9.17) is 11.6 Å². The lowest BCUT2D eigenvalue weighted by atomic mass is 9.84. The molecule has 3 nitrogen and oxygen atoms in total. The van der Waals surface area contributed by atoms with Crippen molar-refractivity contribution in [3.63, 3.8) is 0 Å². The summed E-state index contributed by atoms with van der Waals surface area (Å²) in [6.45, 7) is 2.22. The summed E-state index contributed by atoms with van der Waals surface area (Å²) < 4.78 is 0. The van der Waals surface area contributed by atoms with Gasteiger partial charge in [0, 0.05) is 12.2 Å². The van der Waals surface area contributed by atoms with Gasteiger partial charge in [-0.1, -0.05) is 37.8 Å². The van der Waals surface area contributed by atoms with Gasteiger partial charge in [0.05, 0.1) is 5.56 Å². The summed E-state index contributed by atoms with van der Waals surface area (Å²) in [5.74, 6) is 0.716. The Hall–Kier alpha value is -1.09. The largest absolute Gasteiger partial charge is 0.349 e. The van der Waals surface area contributed by atoms with Gasteiger partial charge in [0.25, 0.3) is 5.91 Å². The number of hydrogen-bond acceptors (Lipinski definition) is 2. The molecule has 0 bridgehead atoms. The number of amides is 1. The van der Waals surface area contributed by atoms with E-state index in [2.05, 4.69) is 17.2 Å². The monoisotopic (exact) mass is 266 g/mol. The van der Waals surface area contributed by atoms with E-state index in [1.807, 2.05) is 0 Å². The second kappa shape index (κ2) is 6.19. The number of carbonyl (C=O) groups excluding carboxylic acids is 1. The predicted molar refractivity (Wildman–Crippen MR) is 72.8 cm³/mol. The van der Waals surface area contributed by atoms with Crippen LogP contribution >= 0.6 is 11.6 Å². The third-order valence-electron chi connectivity index (χ3n) is 3.68. The highest BCUT2D eigenvalue weighted by Crippen LogP contribution is 2.26. The Morgan fingerprint density at radius 3 is 3.00 bits per heavy atom. The molecule has 18 heavy (non-hydrogen) atoms. The zero-order chi connectivity index (χ0) is 13.0. The molecule has 0 aliphatic heterocycles. The minimum absolute atomic E-state index is 0.0408. The maximum absolute atomic E-state index is 12.0. The summed E-state index contributed by atoms with van der Waals surface area (Å²) in [6.07, 6.45) is 7.42. The van der Waals surface area contributed by atoms with Crippen molar-refractivity contribution in [1.82, 2.24) is 10.3 Å². The Bertz CT molecular complexity index is 405. The average molecular weight is 267 g/mol. The summed E-state index contributed by atoms with van der Waals surface area (Å²) >= 11 is 5.70. The van der Waals surface area contributed by atoms with Crippen molar-refractivity contribution in [3.8, 4) is 0 Å². The quantitative estimate of drug-likeness (QED) is 0.852. The third-order valence-corrected chi connectivity index (χ3v) is 3.91. The van der Waals surface area contributed by atoms with Gasteiger partial charge in [-0.25, -0.2) is 4.98 Å². The molecule has 0 saturated heterocycles. The van der Waals surface area contributed by atoms with E-state index < -0.39 is 0 Å². The molecule has 1 aliphatic rings. The molecule has 2 unspecified atom stereocenters. The minimum atomic E-state index is -0.0408. The van der Waals surface area contributed by atoms with Crippen LogP contribution in [0, 0.1) is 5.92 Å². The number of nitrogens with one attached hydrogen (secondary N) is 1. The van der Waals surface area contributed by atoms with Crippen LogP contribution in [0.25, 0.3) is 0 Å². The summed E-state index contributed by atoms with van der Waals surface area (Å²) in [5, 5.41) is 3.51. The lowest BCUT2D eigenvalue weighted by Gasteiger charge is -2.29. The van der Waals surface area contributed by atoms with Gasteiger partial charge < -0.3 is 5.32 Å². The summed E-state index contributed by atoms with van der Waals surface area (Å²) in [7, 11) is 0. The first-order valence-electron chi connectivity index (χ1n) is 6.61. The first kappa shape index (κ1) is 13.3.